The molecule has 0 aliphatic heterocycles. The summed E-state index contributed by atoms with van der Waals surface area (Å²) < 4.78 is 0. The Morgan fingerprint density at radius 1 is 1.53 bits per heavy atom. The first-order valence-electron chi connectivity index (χ1n) is 5.83. The van der Waals surface area contributed by atoms with Crippen LogP contribution in [0, 0.1) is 6.92 Å². The number of phenolic OH excluding ortho intramolecular Hbond substituents is 1. The number of anilines is 1. The van der Waals surface area contributed by atoms with E-state index >= 15 is 0 Å². The second kappa shape index (κ2) is 5.01. The summed E-state index contributed by atoms with van der Waals surface area (Å²) in [6.07, 6.45) is 0. The van der Waals surface area contributed by atoms with Crippen molar-refractivity contribution in [3.8, 4) is 5.75 Å². The van der Waals surface area contributed by atoms with Crippen molar-refractivity contribution < 1.29 is 9.90 Å². The first-order chi connectivity index (χ1) is 8.99. The maximum absolute atomic E-state index is 12.2. The summed E-state index contributed by atoms with van der Waals surface area (Å²) in [6, 6.07) is 6.77. The van der Waals surface area contributed by atoms with Crippen molar-refractivity contribution in [2.24, 2.45) is 0 Å². The van der Waals surface area contributed by atoms with E-state index in [1.165, 1.54) is 4.90 Å². The molecule has 100 valence electrons. The average Bonchev–Trinajstić information content (AvgIpc) is 2.69. The van der Waals surface area contributed by atoms with E-state index in [0.29, 0.717) is 17.9 Å². The Labute approximate surface area is 110 Å². The quantitative estimate of drug-likeness (QED) is 0.774. The van der Waals surface area contributed by atoms with Gasteiger partial charge in [-0.25, -0.2) is 0 Å². The van der Waals surface area contributed by atoms with Gasteiger partial charge in [0.25, 0.3) is 5.91 Å². The third kappa shape index (κ3) is 2.67. The maximum Gasteiger partial charge on any atom is 0.276 e. The molecule has 2 rings (SSSR count). The molecule has 1 aromatic heterocycles. The lowest BCUT2D eigenvalue weighted by Gasteiger charge is -2.16. The second-order valence-electron chi connectivity index (χ2n) is 4.44. The molecule has 6 heteroatoms. The number of benzene rings is 1. The lowest BCUT2D eigenvalue weighted by atomic mass is 10.2. The molecule has 0 unspecified atom stereocenters. The highest BCUT2D eigenvalue weighted by atomic mass is 16.3. The van der Waals surface area contributed by atoms with Crippen LogP contribution >= 0.6 is 0 Å². The van der Waals surface area contributed by atoms with Crippen molar-refractivity contribution in [3.63, 3.8) is 0 Å². The molecule has 2 aromatic rings. The van der Waals surface area contributed by atoms with Crippen LogP contribution in [0.5, 0.6) is 5.75 Å². The number of nitrogen functional groups attached to an aromatic ring is 1. The number of aromatic hydroxyl groups is 1. The molecule has 1 amide bonds. The van der Waals surface area contributed by atoms with Crippen LogP contribution in [0.2, 0.25) is 0 Å². The molecule has 4 N–H and O–H groups in total. The Kier molecular flexibility index (Phi) is 3.41. The zero-order valence-corrected chi connectivity index (χ0v) is 10.8. The van der Waals surface area contributed by atoms with E-state index in [1.54, 1.807) is 32.2 Å². The number of aromatic nitrogens is 2. The van der Waals surface area contributed by atoms with Gasteiger partial charge in [0, 0.05) is 13.6 Å². The predicted molar refractivity (Wildman–Crippen MR) is 71.6 cm³/mol. The van der Waals surface area contributed by atoms with Crippen LogP contribution < -0.4 is 5.73 Å². The van der Waals surface area contributed by atoms with Crippen molar-refractivity contribution in [2.45, 2.75) is 13.5 Å². The summed E-state index contributed by atoms with van der Waals surface area (Å²) in [4.78, 5) is 13.7. The molecule has 0 bridgehead atoms. The van der Waals surface area contributed by atoms with E-state index in [-0.39, 0.29) is 17.4 Å². The first kappa shape index (κ1) is 12.9. The van der Waals surface area contributed by atoms with Crippen LogP contribution in [0.1, 0.15) is 21.7 Å². The molecular formula is C13H16N4O2. The Morgan fingerprint density at radius 2 is 2.26 bits per heavy atom. The molecule has 0 spiro atoms. The maximum atomic E-state index is 12.2. The molecule has 1 heterocycles. The minimum atomic E-state index is -0.259. The minimum absolute atomic E-state index is 0.175. The molecule has 0 fully saturated rings. The van der Waals surface area contributed by atoms with E-state index in [2.05, 4.69) is 10.2 Å². The third-order valence-electron chi connectivity index (χ3n) is 2.87. The second-order valence-corrected chi connectivity index (χ2v) is 4.44. The fraction of sp³-hybridized carbons (Fsp3) is 0.231. The summed E-state index contributed by atoms with van der Waals surface area (Å²) in [6.45, 7) is 2.13. The van der Waals surface area contributed by atoms with Crippen molar-refractivity contribution in [3.05, 3.63) is 41.2 Å². The number of aromatic amines is 1. The number of nitrogens with zero attached hydrogens (tertiary/aromatic N) is 2. The SMILES string of the molecule is Cc1[nH]nc(C(=O)N(C)Cc2cccc(O)c2)c1N. The standard InChI is InChI=1S/C13H16N4O2/c1-8-11(14)12(16-15-8)13(19)17(2)7-9-4-3-5-10(18)6-9/h3-6,18H,7,14H2,1-2H3,(H,15,16). The minimum Gasteiger partial charge on any atom is -0.508 e. The molecule has 19 heavy (non-hydrogen) atoms. The monoisotopic (exact) mass is 260 g/mol. The van der Waals surface area contributed by atoms with Gasteiger partial charge in [0.2, 0.25) is 0 Å². The summed E-state index contributed by atoms with van der Waals surface area (Å²) in [7, 11) is 1.66. The molecule has 0 aliphatic rings. The van der Waals surface area contributed by atoms with Crippen LogP contribution in [-0.4, -0.2) is 33.2 Å². The fourth-order valence-electron chi connectivity index (χ4n) is 1.78. The van der Waals surface area contributed by atoms with Gasteiger partial charge in [0.05, 0.1) is 11.4 Å². The number of nitrogens with one attached hydrogen (secondary N) is 1. The number of carbonyl (C=O) groups is 1. The molecule has 6 nitrogen and oxygen atoms in total. The van der Waals surface area contributed by atoms with Crippen LogP contribution in [0.15, 0.2) is 24.3 Å². The highest BCUT2D eigenvalue weighted by Crippen LogP contribution is 2.17. The first-order valence-corrected chi connectivity index (χ1v) is 5.83. The van der Waals surface area contributed by atoms with Crippen molar-refractivity contribution >= 4 is 11.6 Å². The van der Waals surface area contributed by atoms with Crippen molar-refractivity contribution in [1.82, 2.24) is 15.1 Å². The van der Waals surface area contributed by atoms with E-state index in [1.807, 2.05) is 6.07 Å². The number of hydrogen-bond donors (Lipinski definition) is 3. The van der Waals surface area contributed by atoms with Crippen LogP contribution in [0.4, 0.5) is 5.69 Å². The largest absolute Gasteiger partial charge is 0.508 e. The number of hydrogen-bond acceptors (Lipinski definition) is 4. The molecule has 0 saturated heterocycles. The fourth-order valence-corrected chi connectivity index (χ4v) is 1.78. The Morgan fingerprint density at radius 3 is 2.84 bits per heavy atom. The van der Waals surface area contributed by atoms with Gasteiger partial charge >= 0.3 is 0 Å². The van der Waals surface area contributed by atoms with Crippen LogP contribution in [0.25, 0.3) is 0 Å². The summed E-state index contributed by atoms with van der Waals surface area (Å²) in [5.74, 6) is -0.0846. The number of H-pyrrole nitrogens is 1. The van der Waals surface area contributed by atoms with E-state index in [9.17, 15) is 9.90 Å². The van der Waals surface area contributed by atoms with Gasteiger partial charge in [-0.2, -0.15) is 5.10 Å². The van der Waals surface area contributed by atoms with Crippen molar-refractivity contribution in [1.29, 1.82) is 0 Å². The zero-order valence-electron chi connectivity index (χ0n) is 10.8. The highest BCUT2D eigenvalue weighted by Gasteiger charge is 2.19. The Balaban J connectivity index is 2.14. The van der Waals surface area contributed by atoms with Gasteiger partial charge in [-0.05, 0) is 24.6 Å². The van der Waals surface area contributed by atoms with E-state index in [4.69, 9.17) is 5.73 Å². The third-order valence-corrected chi connectivity index (χ3v) is 2.87. The lowest BCUT2D eigenvalue weighted by molar-refractivity contribution is 0.0780. The average molecular weight is 260 g/mol. The van der Waals surface area contributed by atoms with Gasteiger partial charge < -0.3 is 15.7 Å². The summed E-state index contributed by atoms with van der Waals surface area (Å²) in [5.41, 5.74) is 7.88. The predicted octanol–water partition coefficient (Wildman–Crippen LogP) is 1.28. The number of rotatable bonds is 3. The number of carbonyl (C=O) groups excluding carboxylic acids is 1. The van der Waals surface area contributed by atoms with Gasteiger partial charge in [0.15, 0.2) is 5.69 Å². The normalized spacial score (nSPS) is 10.4. The van der Waals surface area contributed by atoms with Gasteiger partial charge in [-0.1, -0.05) is 12.1 Å². The van der Waals surface area contributed by atoms with E-state index in [0.717, 1.165) is 5.56 Å². The van der Waals surface area contributed by atoms with Gasteiger partial charge in [0.1, 0.15) is 5.75 Å². The number of phenols is 1. The Hall–Kier alpha value is -2.50. The van der Waals surface area contributed by atoms with Gasteiger partial charge in [-0.15, -0.1) is 0 Å². The number of amides is 1. The van der Waals surface area contributed by atoms with Crippen LogP contribution in [0.3, 0.4) is 0 Å². The Bertz CT molecular complexity index is 606. The van der Waals surface area contributed by atoms with Gasteiger partial charge in [-0.3, -0.25) is 9.89 Å². The molecule has 0 aliphatic carbocycles. The smallest absolute Gasteiger partial charge is 0.276 e. The number of nitrogens with two attached hydrogens (primary N) is 1. The van der Waals surface area contributed by atoms with E-state index < -0.39 is 0 Å². The number of aryl methyl sites for hydroxylation is 1. The molecule has 0 saturated carbocycles. The zero-order chi connectivity index (χ0) is 14.0. The molecule has 0 atom stereocenters. The highest BCUT2D eigenvalue weighted by molar-refractivity contribution is 5.97. The molecule has 1 aromatic carbocycles. The topological polar surface area (TPSA) is 95.2 Å². The van der Waals surface area contributed by atoms with Crippen LogP contribution in [-0.2, 0) is 6.54 Å². The molecule has 0 radical (unpaired) electrons. The molecular weight excluding hydrogens is 244 g/mol. The summed E-state index contributed by atoms with van der Waals surface area (Å²) >= 11 is 0. The van der Waals surface area contributed by atoms with Crippen molar-refractivity contribution in [2.75, 3.05) is 12.8 Å². The summed E-state index contributed by atoms with van der Waals surface area (Å²) in [5, 5.41) is 16.0. The lowest BCUT2D eigenvalue weighted by Crippen LogP contribution is -2.27.